The molecule has 0 radical (unpaired) electrons. The number of fused-ring (bicyclic) bond motifs is 1. The van der Waals surface area contributed by atoms with Crippen molar-refractivity contribution in [3.8, 4) is 5.75 Å². The second-order valence-corrected chi connectivity index (χ2v) is 5.04. The topological polar surface area (TPSA) is 58.0 Å². The molecule has 3 rings (SSSR count). The second kappa shape index (κ2) is 5.89. The van der Waals surface area contributed by atoms with Crippen molar-refractivity contribution < 1.29 is 5.11 Å². The predicted molar refractivity (Wildman–Crippen MR) is 82.9 cm³/mol. The number of phenols is 1. The highest BCUT2D eigenvalue weighted by molar-refractivity contribution is 5.89. The highest BCUT2D eigenvalue weighted by Crippen LogP contribution is 2.32. The van der Waals surface area contributed by atoms with Gasteiger partial charge in [0.05, 0.1) is 5.69 Å². The van der Waals surface area contributed by atoms with Gasteiger partial charge in [0.1, 0.15) is 5.75 Å². The van der Waals surface area contributed by atoms with Gasteiger partial charge in [-0.25, -0.2) is 0 Å². The van der Waals surface area contributed by atoms with Gasteiger partial charge < -0.3 is 10.4 Å². The molecule has 1 aromatic heterocycles. The van der Waals surface area contributed by atoms with E-state index in [1.165, 1.54) is 0 Å². The first-order valence-electron chi connectivity index (χ1n) is 6.96. The maximum atomic E-state index is 10.4. The van der Waals surface area contributed by atoms with Gasteiger partial charge in [-0.05, 0) is 24.4 Å². The van der Waals surface area contributed by atoms with Gasteiger partial charge in [-0.15, -0.1) is 0 Å². The number of nitrogens with one attached hydrogen (secondary N) is 1. The Morgan fingerprint density at radius 3 is 2.76 bits per heavy atom. The number of aromatic hydroxyl groups is 1. The molecule has 0 fully saturated rings. The highest BCUT2D eigenvalue weighted by Gasteiger charge is 2.12. The molecular formula is C17H17N3O. The van der Waals surface area contributed by atoms with Crippen molar-refractivity contribution in [2.24, 2.45) is 0 Å². The Labute approximate surface area is 123 Å². The van der Waals surface area contributed by atoms with Crippen LogP contribution in [0.2, 0.25) is 0 Å². The van der Waals surface area contributed by atoms with E-state index in [4.69, 9.17) is 0 Å². The fraction of sp³-hybridized carbons (Fsp3) is 0.176. The molecular weight excluding hydrogens is 262 g/mol. The van der Waals surface area contributed by atoms with Crippen LogP contribution < -0.4 is 5.32 Å². The lowest BCUT2D eigenvalue weighted by molar-refractivity contribution is 0.457. The van der Waals surface area contributed by atoms with Gasteiger partial charge in [0.2, 0.25) is 0 Å². The van der Waals surface area contributed by atoms with Crippen LogP contribution in [0.5, 0.6) is 5.75 Å². The van der Waals surface area contributed by atoms with Crippen molar-refractivity contribution in [3.05, 3.63) is 66.0 Å². The summed E-state index contributed by atoms with van der Waals surface area (Å²) in [5, 5.41) is 23.6. The molecule has 1 heterocycles. The second-order valence-electron chi connectivity index (χ2n) is 5.04. The number of phenolic OH excluding ortho intramolecular Hbond substituents is 1. The summed E-state index contributed by atoms with van der Waals surface area (Å²) in [6.07, 6.45) is 1.65. The molecule has 0 saturated carbocycles. The summed E-state index contributed by atoms with van der Waals surface area (Å²) in [4.78, 5) is 0. The van der Waals surface area contributed by atoms with Gasteiger partial charge in [0.25, 0.3) is 0 Å². The molecule has 2 aromatic carbocycles. The first-order valence-corrected chi connectivity index (χ1v) is 6.96. The molecule has 4 nitrogen and oxygen atoms in total. The lowest BCUT2D eigenvalue weighted by Gasteiger charge is -2.16. The minimum absolute atomic E-state index is 0.0246. The Morgan fingerprint density at radius 2 is 1.95 bits per heavy atom. The molecule has 1 atom stereocenters. The standard InChI is InChI=1S/C17H17N3O/c1-12(18-11-14-6-4-10-19-20-14)15-9-8-13-5-2-3-7-16(13)17(15)21/h2-10,12,18,21H,11H2,1H3. The van der Waals surface area contributed by atoms with Crippen LogP contribution in [0.1, 0.15) is 24.2 Å². The van der Waals surface area contributed by atoms with Crippen LogP contribution in [0.15, 0.2) is 54.7 Å². The predicted octanol–water partition coefficient (Wildman–Crippen LogP) is 3.19. The van der Waals surface area contributed by atoms with E-state index in [0.29, 0.717) is 12.3 Å². The lowest BCUT2D eigenvalue weighted by Crippen LogP contribution is -2.19. The van der Waals surface area contributed by atoms with Gasteiger partial charge >= 0.3 is 0 Å². The minimum Gasteiger partial charge on any atom is -0.507 e. The van der Waals surface area contributed by atoms with Gasteiger partial charge in [0.15, 0.2) is 0 Å². The Balaban J connectivity index is 1.81. The maximum Gasteiger partial charge on any atom is 0.128 e. The smallest absolute Gasteiger partial charge is 0.128 e. The van der Waals surface area contributed by atoms with Crippen LogP contribution in [-0.2, 0) is 6.54 Å². The summed E-state index contributed by atoms with van der Waals surface area (Å²) in [6, 6.07) is 15.6. The third-order valence-corrected chi connectivity index (χ3v) is 3.62. The van der Waals surface area contributed by atoms with Crippen LogP contribution in [0.25, 0.3) is 10.8 Å². The van der Waals surface area contributed by atoms with E-state index >= 15 is 0 Å². The number of rotatable bonds is 4. The number of nitrogens with zero attached hydrogens (tertiary/aromatic N) is 2. The van der Waals surface area contributed by atoms with E-state index in [9.17, 15) is 5.11 Å². The summed E-state index contributed by atoms with van der Waals surface area (Å²) in [6.45, 7) is 2.64. The molecule has 2 N–H and O–H groups in total. The Kier molecular flexibility index (Phi) is 3.79. The normalized spacial score (nSPS) is 12.4. The number of hydrogen-bond acceptors (Lipinski definition) is 4. The van der Waals surface area contributed by atoms with E-state index in [0.717, 1.165) is 22.0 Å². The largest absolute Gasteiger partial charge is 0.507 e. The van der Waals surface area contributed by atoms with Crippen LogP contribution in [0.3, 0.4) is 0 Å². The van der Waals surface area contributed by atoms with E-state index < -0.39 is 0 Å². The van der Waals surface area contributed by atoms with E-state index in [1.807, 2.05) is 55.5 Å². The minimum atomic E-state index is 0.0246. The molecule has 0 spiro atoms. The van der Waals surface area contributed by atoms with Crippen molar-refractivity contribution in [2.45, 2.75) is 19.5 Å². The zero-order chi connectivity index (χ0) is 14.7. The number of aromatic nitrogens is 2. The first-order chi connectivity index (χ1) is 10.3. The Bertz CT molecular complexity index is 743. The molecule has 3 aromatic rings. The van der Waals surface area contributed by atoms with Crippen LogP contribution >= 0.6 is 0 Å². The van der Waals surface area contributed by atoms with Crippen molar-refractivity contribution in [1.29, 1.82) is 0 Å². The summed E-state index contributed by atoms with van der Waals surface area (Å²) in [7, 11) is 0. The third kappa shape index (κ3) is 2.85. The summed E-state index contributed by atoms with van der Waals surface area (Å²) in [5.74, 6) is 0.340. The molecule has 0 aliphatic heterocycles. The number of benzene rings is 2. The number of hydrogen-bond donors (Lipinski definition) is 2. The molecule has 0 saturated heterocycles. The van der Waals surface area contributed by atoms with E-state index in [-0.39, 0.29) is 6.04 Å². The zero-order valence-electron chi connectivity index (χ0n) is 11.8. The fourth-order valence-corrected chi connectivity index (χ4v) is 2.42. The molecule has 106 valence electrons. The van der Waals surface area contributed by atoms with Gasteiger partial charge in [-0.1, -0.05) is 36.4 Å². The Hall–Kier alpha value is -2.46. The van der Waals surface area contributed by atoms with Crippen molar-refractivity contribution >= 4 is 10.8 Å². The van der Waals surface area contributed by atoms with Crippen LogP contribution in [-0.4, -0.2) is 15.3 Å². The summed E-state index contributed by atoms with van der Waals surface area (Å²) in [5.41, 5.74) is 1.77. The average Bonchev–Trinajstić information content (AvgIpc) is 2.54. The fourth-order valence-electron chi connectivity index (χ4n) is 2.42. The van der Waals surface area contributed by atoms with Gasteiger partial charge in [0, 0.05) is 29.7 Å². The summed E-state index contributed by atoms with van der Waals surface area (Å²) < 4.78 is 0. The highest BCUT2D eigenvalue weighted by atomic mass is 16.3. The monoisotopic (exact) mass is 279 g/mol. The molecule has 1 unspecified atom stereocenters. The van der Waals surface area contributed by atoms with Gasteiger partial charge in [-0.3, -0.25) is 0 Å². The quantitative estimate of drug-likeness (QED) is 0.770. The molecule has 21 heavy (non-hydrogen) atoms. The van der Waals surface area contributed by atoms with Crippen molar-refractivity contribution in [1.82, 2.24) is 15.5 Å². The molecule has 0 aliphatic carbocycles. The molecule has 0 aliphatic rings. The average molecular weight is 279 g/mol. The summed E-state index contributed by atoms with van der Waals surface area (Å²) >= 11 is 0. The van der Waals surface area contributed by atoms with Crippen LogP contribution in [0, 0.1) is 0 Å². The third-order valence-electron chi connectivity index (χ3n) is 3.62. The van der Waals surface area contributed by atoms with Crippen molar-refractivity contribution in [3.63, 3.8) is 0 Å². The Morgan fingerprint density at radius 1 is 1.10 bits per heavy atom. The van der Waals surface area contributed by atoms with Gasteiger partial charge in [-0.2, -0.15) is 10.2 Å². The van der Waals surface area contributed by atoms with Crippen LogP contribution in [0.4, 0.5) is 0 Å². The lowest BCUT2D eigenvalue weighted by atomic mass is 10.0. The molecule has 4 heteroatoms. The molecule has 0 amide bonds. The maximum absolute atomic E-state index is 10.4. The van der Waals surface area contributed by atoms with E-state index in [1.54, 1.807) is 6.20 Å². The van der Waals surface area contributed by atoms with E-state index in [2.05, 4.69) is 15.5 Å². The first kappa shape index (κ1) is 13.5. The van der Waals surface area contributed by atoms with Crippen molar-refractivity contribution in [2.75, 3.05) is 0 Å². The molecule has 0 bridgehead atoms. The SMILES string of the molecule is CC(NCc1cccnn1)c1ccc2ccccc2c1O. The zero-order valence-corrected chi connectivity index (χ0v) is 11.8.